The van der Waals surface area contributed by atoms with Crippen LogP contribution >= 0.6 is 11.3 Å². The Morgan fingerprint density at radius 1 is 1.50 bits per heavy atom. The van der Waals surface area contributed by atoms with Gasteiger partial charge in [0.2, 0.25) is 11.8 Å². The number of rotatable bonds is 5. The minimum atomic E-state index is 0.131. The average molecular weight is 237 g/mol. The van der Waals surface area contributed by atoms with E-state index in [9.17, 15) is 0 Å². The Balaban J connectivity index is 2.10. The number of thiophene rings is 1. The first-order chi connectivity index (χ1) is 7.83. The van der Waals surface area contributed by atoms with Crippen molar-refractivity contribution in [1.29, 1.82) is 0 Å². The summed E-state index contributed by atoms with van der Waals surface area (Å²) in [6.45, 7) is 2.53. The molecule has 2 N–H and O–H groups in total. The number of hydrogen-bond donors (Lipinski definition) is 1. The molecule has 4 nitrogen and oxygen atoms in total. The molecule has 2 heterocycles. The Bertz CT molecular complexity index is 424. The van der Waals surface area contributed by atoms with Crippen LogP contribution in [0.4, 0.5) is 0 Å². The van der Waals surface area contributed by atoms with Gasteiger partial charge in [0, 0.05) is 17.8 Å². The van der Waals surface area contributed by atoms with E-state index in [1.165, 1.54) is 4.88 Å². The molecule has 0 amide bonds. The summed E-state index contributed by atoms with van der Waals surface area (Å²) in [7, 11) is 0. The van der Waals surface area contributed by atoms with Gasteiger partial charge < -0.3 is 10.2 Å². The highest BCUT2D eigenvalue weighted by molar-refractivity contribution is 7.09. The van der Waals surface area contributed by atoms with Crippen molar-refractivity contribution in [1.82, 2.24) is 10.2 Å². The lowest BCUT2D eigenvalue weighted by Crippen LogP contribution is -2.15. The molecule has 86 valence electrons. The van der Waals surface area contributed by atoms with E-state index in [0.29, 0.717) is 18.3 Å². The number of hydrogen-bond acceptors (Lipinski definition) is 5. The number of aromatic nitrogens is 2. The van der Waals surface area contributed by atoms with E-state index >= 15 is 0 Å². The third-order valence-electron chi connectivity index (χ3n) is 2.45. The molecule has 5 heteroatoms. The molecule has 16 heavy (non-hydrogen) atoms. The minimum absolute atomic E-state index is 0.131. The third-order valence-corrected chi connectivity index (χ3v) is 3.35. The molecule has 2 rings (SSSR count). The average Bonchev–Trinajstić information content (AvgIpc) is 2.96. The summed E-state index contributed by atoms with van der Waals surface area (Å²) in [5, 5.41) is 10.1. The van der Waals surface area contributed by atoms with Gasteiger partial charge >= 0.3 is 0 Å². The van der Waals surface area contributed by atoms with Gasteiger partial charge in [0.15, 0.2) is 0 Å². The van der Waals surface area contributed by atoms with Gasteiger partial charge in [-0.05, 0) is 17.9 Å². The zero-order chi connectivity index (χ0) is 11.4. The van der Waals surface area contributed by atoms with E-state index in [0.717, 1.165) is 12.8 Å². The van der Waals surface area contributed by atoms with Crippen molar-refractivity contribution in [2.75, 3.05) is 6.54 Å². The van der Waals surface area contributed by atoms with Crippen LogP contribution in [0.1, 0.15) is 29.5 Å². The highest BCUT2D eigenvalue weighted by Gasteiger charge is 2.17. The predicted octanol–water partition coefficient (Wildman–Crippen LogP) is 1.98. The van der Waals surface area contributed by atoms with E-state index in [1.807, 2.05) is 13.0 Å². The lowest BCUT2D eigenvalue weighted by Gasteiger charge is -2.07. The maximum Gasteiger partial charge on any atom is 0.221 e. The van der Waals surface area contributed by atoms with Crippen LogP contribution in [-0.4, -0.2) is 16.7 Å². The number of aryl methyl sites for hydroxylation is 1. The van der Waals surface area contributed by atoms with Crippen LogP contribution in [0.5, 0.6) is 0 Å². The Kier molecular flexibility index (Phi) is 3.69. The standard InChI is InChI=1S/C11H15N3OS/c1-2-10-13-14-11(15-10)8(7-12)6-9-4-3-5-16-9/h3-5,8H,2,6-7,12H2,1H3. The van der Waals surface area contributed by atoms with Crippen LogP contribution in [0.15, 0.2) is 21.9 Å². The van der Waals surface area contributed by atoms with Crippen molar-refractivity contribution in [2.45, 2.75) is 25.7 Å². The molecule has 0 aliphatic heterocycles. The molecule has 0 bridgehead atoms. The van der Waals surface area contributed by atoms with Crippen LogP contribution in [0, 0.1) is 0 Å². The van der Waals surface area contributed by atoms with Crippen molar-refractivity contribution in [3.63, 3.8) is 0 Å². The van der Waals surface area contributed by atoms with E-state index in [4.69, 9.17) is 10.2 Å². The van der Waals surface area contributed by atoms with E-state index in [-0.39, 0.29) is 5.92 Å². The second-order valence-electron chi connectivity index (χ2n) is 3.60. The van der Waals surface area contributed by atoms with Crippen molar-refractivity contribution >= 4 is 11.3 Å². The Morgan fingerprint density at radius 3 is 2.94 bits per heavy atom. The lowest BCUT2D eigenvalue weighted by molar-refractivity contribution is 0.418. The highest BCUT2D eigenvalue weighted by Crippen LogP contribution is 2.21. The van der Waals surface area contributed by atoms with Gasteiger partial charge in [0.1, 0.15) is 0 Å². The van der Waals surface area contributed by atoms with E-state index < -0.39 is 0 Å². The van der Waals surface area contributed by atoms with E-state index in [2.05, 4.69) is 21.6 Å². The van der Waals surface area contributed by atoms with Crippen molar-refractivity contribution < 1.29 is 4.42 Å². The molecule has 0 aliphatic carbocycles. The summed E-state index contributed by atoms with van der Waals surface area (Å²) >= 11 is 1.73. The minimum Gasteiger partial charge on any atom is -0.425 e. The lowest BCUT2D eigenvalue weighted by atomic mass is 10.1. The summed E-state index contributed by atoms with van der Waals surface area (Å²) in [5.74, 6) is 1.47. The summed E-state index contributed by atoms with van der Waals surface area (Å²) < 4.78 is 5.54. The Hall–Kier alpha value is -1.20. The molecule has 0 fully saturated rings. The zero-order valence-corrected chi connectivity index (χ0v) is 10.0. The van der Waals surface area contributed by atoms with Gasteiger partial charge in [-0.3, -0.25) is 0 Å². The predicted molar refractivity (Wildman–Crippen MR) is 63.5 cm³/mol. The summed E-state index contributed by atoms with van der Waals surface area (Å²) in [6, 6.07) is 4.14. The van der Waals surface area contributed by atoms with Gasteiger partial charge in [-0.1, -0.05) is 13.0 Å². The summed E-state index contributed by atoms with van der Waals surface area (Å²) in [6.07, 6.45) is 1.64. The molecule has 1 atom stereocenters. The highest BCUT2D eigenvalue weighted by atomic mass is 32.1. The van der Waals surface area contributed by atoms with Crippen LogP contribution in [-0.2, 0) is 12.8 Å². The monoisotopic (exact) mass is 237 g/mol. The Morgan fingerprint density at radius 2 is 2.38 bits per heavy atom. The molecular formula is C11H15N3OS. The summed E-state index contributed by atoms with van der Waals surface area (Å²) in [5.41, 5.74) is 5.75. The molecule has 2 aromatic heterocycles. The summed E-state index contributed by atoms with van der Waals surface area (Å²) in [4.78, 5) is 1.30. The molecular weight excluding hydrogens is 222 g/mol. The van der Waals surface area contributed by atoms with Crippen molar-refractivity contribution in [3.8, 4) is 0 Å². The zero-order valence-electron chi connectivity index (χ0n) is 9.22. The second-order valence-corrected chi connectivity index (χ2v) is 4.64. The smallest absolute Gasteiger partial charge is 0.221 e. The molecule has 1 unspecified atom stereocenters. The normalized spacial score (nSPS) is 12.9. The number of nitrogens with zero attached hydrogens (tertiary/aromatic N) is 2. The fraction of sp³-hybridized carbons (Fsp3) is 0.455. The van der Waals surface area contributed by atoms with Crippen molar-refractivity contribution in [3.05, 3.63) is 34.2 Å². The van der Waals surface area contributed by atoms with Crippen LogP contribution in [0.3, 0.4) is 0 Å². The molecule has 0 aromatic carbocycles. The van der Waals surface area contributed by atoms with Crippen LogP contribution < -0.4 is 5.73 Å². The third kappa shape index (κ3) is 2.48. The molecule has 2 aromatic rings. The molecule has 0 saturated carbocycles. The topological polar surface area (TPSA) is 64.9 Å². The SMILES string of the molecule is CCc1nnc(C(CN)Cc2cccs2)o1. The maximum atomic E-state index is 5.75. The first-order valence-electron chi connectivity index (χ1n) is 5.38. The van der Waals surface area contributed by atoms with Gasteiger partial charge in [-0.15, -0.1) is 21.5 Å². The molecule has 0 saturated heterocycles. The molecule has 0 radical (unpaired) electrons. The molecule has 0 spiro atoms. The Labute approximate surface area is 98.5 Å². The van der Waals surface area contributed by atoms with E-state index in [1.54, 1.807) is 11.3 Å². The largest absolute Gasteiger partial charge is 0.425 e. The fourth-order valence-electron chi connectivity index (χ4n) is 1.52. The van der Waals surface area contributed by atoms with Crippen molar-refractivity contribution in [2.24, 2.45) is 5.73 Å². The van der Waals surface area contributed by atoms with Gasteiger partial charge in [-0.25, -0.2) is 0 Å². The first kappa shape index (κ1) is 11.3. The quantitative estimate of drug-likeness (QED) is 0.863. The fourth-order valence-corrected chi connectivity index (χ4v) is 2.30. The number of nitrogens with two attached hydrogens (primary N) is 1. The van der Waals surface area contributed by atoms with Crippen LogP contribution in [0.25, 0.3) is 0 Å². The van der Waals surface area contributed by atoms with Gasteiger partial charge in [-0.2, -0.15) is 0 Å². The second kappa shape index (κ2) is 5.23. The maximum absolute atomic E-state index is 5.75. The first-order valence-corrected chi connectivity index (χ1v) is 6.26. The molecule has 0 aliphatic rings. The van der Waals surface area contributed by atoms with Gasteiger partial charge in [0.05, 0.1) is 5.92 Å². The van der Waals surface area contributed by atoms with Gasteiger partial charge in [0.25, 0.3) is 0 Å². The van der Waals surface area contributed by atoms with Crippen LogP contribution in [0.2, 0.25) is 0 Å².